The van der Waals surface area contributed by atoms with E-state index < -0.39 is 0 Å². The predicted octanol–water partition coefficient (Wildman–Crippen LogP) is 1.88. The van der Waals surface area contributed by atoms with E-state index in [2.05, 4.69) is 0 Å². The minimum atomic E-state index is -0.289. The molecule has 0 aliphatic carbocycles. The number of phenolic OH excluding ortho intramolecular Hbond substituents is 2. The van der Waals surface area contributed by atoms with Crippen molar-refractivity contribution in [1.82, 2.24) is 4.90 Å². The number of nitrogens with two attached hydrogens (primary N) is 1. The summed E-state index contributed by atoms with van der Waals surface area (Å²) in [6.45, 7) is 1.09. The molecule has 1 heterocycles. The molecule has 108 valence electrons. The van der Waals surface area contributed by atoms with Gasteiger partial charge in [0, 0.05) is 24.3 Å². The van der Waals surface area contributed by atoms with E-state index in [0.717, 1.165) is 23.2 Å². The van der Waals surface area contributed by atoms with Crippen LogP contribution in [0.4, 0.5) is 5.69 Å². The summed E-state index contributed by atoms with van der Waals surface area (Å²) in [5, 5.41) is 18.8. The van der Waals surface area contributed by atoms with Crippen LogP contribution in [0.1, 0.15) is 21.5 Å². The SMILES string of the molecule is Nc1cccc2c1CCN(C(=O)c1ccc(O)c(O)c1)C2. The molecule has 1 aliphatic rings. The average molecular weight is 284 g/mol. The van der Waals surface area contributed by atoms with Gasteiger partial charge in [-0.05, 0) is 41.8 Å². The molecule has 0 spiro atoms. The monoisotopic (exact) mass is 284 g/mol. The molecule has 0 radical (unpaired) electrons. The first-order chi connectivity index (χ1) is 10.1. The van der Waals surface area contributed by atoms with Gasteiger partial charge in [0.05, 0.1) is 0 Å². The molecule has 5 heteroatoms. The van der Waals surface area contributed by atoms with Crippen LogP contribution in [0.3, 0.4) is 0 Å². The number of hydrogen-bond donors (Lipinski definition) is 3. The quantitative estimate of drug-likeness (QED) is 0.551. The van der Waals surface area contributed by atoms with Gasteiger partial charge in [-0.15, -0.1) is 0 Å². The lowest BCUT2D eigenvalue weighted by Gasteiger charge is -2.29. The molecule has 0 saturated carbocycles. The van der Waals surface area contributed by atoms with Crippen molar-refractivity contribution in [1.29, 1.82) is 0 Å². The Morgan fingerprint density at radius 3 is 2.71 bits per heavy atom. The second-order valence-electron chi connectivity index (χ2n) is 5.17. The van der Waals surface area contributed by atoms with Crippen LogP contribution in [0.25, 0.3) is 0 Å². The van der Waals surface area contributed by atoms with Crippen molar-refractivity contribution < 1.29 is 15.0 Å². The van der Waals surface area contributed by atoms with Gasteiger partial charge in [-0.25, -0.2) is 0 Å². The number of carbonyl (C=O) groups is 1. The van der Waals surface area contributed by atoms with Crippen LogP contribution in [-0.2, 0) is 13.0 Å². The molecule has 0 unspecified atom stereocenters. The fourth-order valence-electron chi connectivity index (χ4n) is 2.65. The summed E-state index contributed by atoms with van der Waals surface area (Å²) in [6.07, 6.45) is 0.720. The number of rotatable bonds is 1. The van der Waals surface area contributed by atoms with Crippen LogP contribution < -0.4 is 5.73 Å². The number of nitrogen functional groups attached to an aromatic ring is 1. The minimum Gasteiger partial charge on any atom is -0.504 e. The summed E-state index contributed by atoms with van der Waals surface area (Å²) in [5.74, 6) is -0.691. The normalized spacial score (nSPS) is 13.8. The first-order valence-corrected chi connectivity index (χ1v) is 6.74. The van der Waals surface area contributed by atoms with Crippen molar-refractivity contribution in [2.75, 3.05) is 12.3 Å². The van der Waals surface area contributed by atoms with Crippen LogP contribution in [-0.4, -0.2) is 27.6 Å². The van der Waals surface area contributed by atoms with Crippen LogP contribution in [0, 0.1) is 0 Å². The molecule has 4 N–H and O–H groups in total. The molecule has 21 heavy (non-hydrogen) atoms. The van der Waals surface area contributed by atoms with E-state index in [4.69, 9.17) is 5.73 Å². The largest absolute Gasteiger partial charge is 0.504 e. The van der Waals surface area contributed by atoms with E-state index in [1.165, 1.54) is 18.2 Å². The standard InChI is InChI=1S/C16H16N2O3/c17-13-3-1-2-11-9-18(7-6-12(11)13)16(21)10-4-5-14(19)15(20)8-10/h1-5,8,19-20H,6-7,9,17H2. The number of benzene rings is 2. The molecule has 0 bridgehead atoms. The fourth-order valence-corrected chi connectivity index (χ4v) is 2.65. The molecule has 0 aromatic heterocycles. The summed E-state index contributed by atoms with van der Waals surface area (Å²) in [6, 6.07) is 9.83. The summed E-state index contributed by atoms with van der Waals surface area (Å²) < 4.78 is 0. The van der Waals surface area contributed by atoms with Crippen molar-refractivity contribution in [2.45, 2.75) is 13.0 Å². The molecule has 1 aliphatic heterocycles. The van der Waals surface area contributed by atoms with Crippen molar-refractivity contribution in [2.24, 2.45) is 0 Å². The van der Waals surface area contributed by atoms with Gasteiger partial charge in [-0.3, -0.25) is 4.79 Å². The van der Waals surface area contributed by atoms with Crippen LogP contribution >= 0.6 is 0 Å². The molecule has 2 aromatic carbocycles. The van der Waals surface area contributed by atoms with Gasteiger partial charge in [-0.1, -0.05) is 12.1 Å². The van der Waals surface area contributed by atoms with E-state index in [9.17, 15) is 15.0 Å². The highest BCUT2D eigenvalue weighted by molar-refractivity contribution is 5.95. The molecule has 0 atom stereocenters. The number of fused-ring (bicyclic) bond motifs is 1. The van der Waals surface area contributed by atoms with E-state index in [-0.39, 0.29) is 17.4 Å². The van der Waals surface area contributed by atoms with Gasteiger partial charge in [0.1, 0.15) is 0 Å². The highest BCUT2D eigenvalue weighted by atomic mass is 16.3. The summed E-state index contributed by atoms with van der Waals surface area (Å²) in [4.78, 5) is 14.2. The second kappa shape index (κ2) is 5.01. The Kier molecular flexibility index (Phi) is 3.17. The number of hydrogen-bond acceptors (Lipinski definition) is 4. The molecule has 2 aromatic rings. The highest BCUT2D eigenvalue weighted by Gasteiger charge is 2.23. The van der Waals surface area contributed by atoms with E-state index >= 15 is 0 Å². The Bertz CT molecular complexity index is 713. The highest BCUT2D eigenvalue weighted by Crippen LogP contribution is 2.28. The Balaban J connectivity index is 1.85. The van der Waals surface area contributed by atoms with Gasteiger partial charge < -0.3 is 20.8 Å². The van der Waals surface area contributed by atoms with Crippen molar-refractivity contribution in [3.05, 3.63) is 53.1 Å². The smallest absolute Gasteiger partial charge is 0.254 e. The van der Waals surface area contributed by atoms with E-state index in [1.807, 2.05) is 18.2 Å². The molecule has 3 rings (SSSR count). The van der Waals surface area contributed by atoms with Crippen LogP contribution in [0.2, 0.25) is 0 Å². The van der Waals surface area contributed by atoms with Gasteiger partial charge >= 0.3 is 0 Å². The molecule has 0 saturated heterocycles. The van der Waals surface area contributed by atoms with Gasteiger partial charge in [-0.2, -0.15) is 0 Å². The van der Waals surface area contributed by atoms with Gasteiger partial charge in [0.25, 0.3) is 5.91 Å². The Hall–Kier alpha value is -2.69. The van der Waals surface area contributed by atoms with E-state index in [0.29, 0.717) is 18.7 Å². The Morgan fingerprint density at radius 1 is 1.14 bits per heavy atom. The third kappa shape index (κ3) is 2.38. The van der Waals surface area contributed by atoms with Crippen LogP contribution in [0.5, 0.6) is 11.5 Å². The second-order valence-corrected chi connectivity index (χ2v) is 5.17. The Labute approximate surface area is 122 Å². The van der Waals surface area contributed by atoms with Gasteiger partial charge in [0.15, 0.2) is 11.5 Å². The zero-order chi connectivity index (χ0) is 15.0. The lowest BCUT2D eigenvalue weighted by atomic mass is 9.97. The lowest BCUT2D eigenvalue weighted by Crippen LogP contribution is -2.36. The topological polar surface area (TPSA) is 86.8 Å². The number of nitrogens with zero attached hydrogens (tertiary/aromatic N) is 1. The Morgan fingerprint density at radius 2 is 1.95 bits per heavy atom. The van der Waals surface area contributed by atoms with Gasteiger partial charge in [0.2, 0.25) is 0 Å². The number of phenols is 2. The zero-order valence-electron chi connectivity index (χ0n) is 11.4. The van der Waals surface area contributed by atoms with Crippen molar-refractivity contribution in [3.63, 3.8) is 0 Å². The molecule has 1 amide bonds. The van der Waals surface area contributed by atoms with E-state index in [1.54, 1.807) is 4.90 Å². The molecular weight excluding hydrogens is 268 g/mol. The average Bonchev–Trinajstić information content (AvgIpc) is 2.49. The minimum absolute atomic E-state index is 0.168. The first kappa shape index (κ1) is 13.3. The third-order valence-electron chi connectivity index (χ3n) is 3.81. The maximum absolute atomic E-state index is 12.5. The van der Waals surface area contributed by atoms with Crippen molar-refractivity contribution in [3.8, 4) is 11.5 Å². The van der Waals surface area contributed by atoms with Crippen molar-refractivity contribution >= 4 is 11.6 Å². The summed E-state index contributed by atoms with van der Waals surface area (Å²) in [7, 11) is 0. The number of carbonyl (C=O) groups excluding carboxylic acids is 1. The third-order valence-corrected chi connectivity index (χ3v) is 3.81. The summed E-state index contributed by atoms with van der Waals surface area (Å²) >= 11 is 0. The molecular formula is C16H16N2O3. The molecule has 5 nitrogen and oxygen atoms in total. The zero-order valence-corrected chi connectivity index (χ0v) is 11.4. The van der Waals surface area contributed by atoms with Crippen LogP contribution in [0.15, 0.2) is 36.4 Å². The number of anilines is 1. The molecule has 0 fully saturated rings. The summed E-state index contributed by atoms with van der Waals surface area (Å²) in [5.41, 5.74) is 9.23. The maximum atomic E-state index is 12.5. The number of aromatic hydroxyl groups is 2. The maximum Gasteiger partial charge on any atom is 0.254 e. The fraction of sp³-hybridized carbons (Fsp3) is 0.188. The first-order valence-electron chi connectivity index (χ1n) is 6.74. The lowest BCUT2D eigenvalue weighted by molar-refractivity contribution is 0.0734. The number of amides is 1. The predicted molar refractivity (Wildman–Crippen MR) is 79.1 cm³/mol.